The summed E-state index contributed by atoms with van der Waals surface area (Å²) in [5, 5.41) is 5.24. The van der Waals surface area contributed by atoms with Crippen LogP contribution in [0, 0.1) is 5.41 Å². The molecule has 0 heterocycles. The molecule has 0 aliphatic heterocycles. The van der Waals surface area contributed by atoms with E-state index in [9.17, 15) is 9.59 Å². The first kappa shape index (κ1) is 15.8. The van der Waals surface area contributed by atoms with Crippen LogP contribution in [0.5, 0.6) is 0 Å². The minimum Gasteiger partial charge on any atom is -0.465 e. The summed E-state index contributed by atoms with van der Waals surface area (Å²) >= 11 is 0. The van der Waals surface area contributed by atoms with Crippen LogP contribution in [0.25, 0.3) is 0 Å². The molecule has 0 spiro atoms. The lowest BCUT2D eigenvalue weighted by Gasteiger charge is -2.11. The molecule has 5 heteroatoms. The number of ether oxygens (including phenoxy) is 1. The minimum atomic E-state index is -0.443. The molecule has 108 valence electrons. The SMILES string of the molecule is COC(=O)c1cccc(NC(=O)N/C=C/C(C)(C)C)c1. The Morgan fingerprint density at radius 2 is 1.95 bits per heavy atom. The van der Waals surface area contributed by atoms with E-state index in [1.54, 1.807) is 30.5 Å². The van der Waals surface area contributed by atoms with E-state index in [-0.39, 0.29) is 11.4 Å². The minimum absolute atomic E-state index is 0.00190. The maximum atomic E-state index is 11.7. The summed E-state index contributed by atoms with van der Waals surface area (Å²) in [6, 6.07) is 6.17. The highest BCUT2D eigenvalue weighted by molar-refractivity contribution is 5.94. The van der Waals surface area contributed by atoms with Gasteiger partial charge in [0.1, 0.15) is 0 Å². The number of carbonyl (C=O) groups excluding carboxylic acids is 2. The fourth-order valence-electron chi connectivity index (χ4n) is 1.38. The second kappa shape index (κ2) is 6.75. The lowest BCUT2D eigenvalue weighted by atomic mass is 9.97. The number of hydrogen-bond acceptors (Lipinski definition) is 3. The summed E-state index contributed by atoms with van der Waals surface area (Å²) in [7, 11) is 1.31. The molecular formula is C15H20N2O3. The molecule has 0 saturated carbocycles. The summed E-state index contributed by atoms with van der Waals surface area (Å²) in [5.74, 6) is -0.443. The lowest BCUT2D eigenvalue weighted by Crippen LogP contribution is -2.24. The number of esters is 1. The van der Waals surface area contributed by atoms with Gasteiger partial charge in [-0.3, -0.25) is 0 Å². The predicted octanol–water partition coefficient (Wildman–Crippen LogP) is 3.15. The van der Waals surface area contributed by atoms with Gasteiger partial charge in [-0.2, -0.15) is 0 Å². The number of nitrogens with one attached hydrogen (secondary N) is 2. The van der Waals surface area contributed by atoms with Crippen LogP contribution >= 0.6 is 0 Å². The molecular weight excluding hydrogens is 256 g/mol. The summed E-state index contributed by atoms with van der Waals surface area (Å²) in [5.41, 5.74) is 0.906. The van der Waals surface area contributed by atoms with Crippen LogP contribution in [0.1, 0.15) is 31.1 Å². The molecule has 1 aromatic carbocycles. The second-order valence-corrected chi connectivity index (χ2v) is 5.37. The number of anilines is 1. The fourth-order valence-corrected chi connectivity index (χ4v) is 1.38. The van der Waals surface area contributed by atoms with Gasteiger partial charge in [-0.1, -0.05) is 32.9 Å². The number of carbonyl (C=O) groups is 2. The van der Waals surface area contributed by atoms with E-state index in [4.69, 9.17) is 0 Å². The van der Waals surface area contributed by atoms with E-state index in [0.29, 0.717) is 11.3 Å². The maximum Gasteiger partial charge on any atom is 0.337 e. The Morgan fingerprint density at radius 1 is 1.25 bits per heavy atom. The molecule has 0 bridgehead atoms. The van der Waals surface area contributed by atoms with Crippen molar-refractivity contribution in [2.45, 2.75) is 20.8 Å². The topological polar surface area (TPSA) is 67.4 Å². The fraction of sp³-hybridized carbons (Fsp3) is 0.333. The van der Waals surface area contributed by atoms with Gasteiger partial charge >= 0.3 is 12.0 Å². The van der Waals surface area contributed by atoms with Crippen molar-refractivity contribution >= 4 is 17.7 Å². The van der Waals surface area contributed by atoms with E-state index in [1.807, 2.05) is 26.8 Å². The lowest BCUT2D eigenvalue weighted by molar-refractivity contribution is 0.0600. The first-order valence-electron chi connectivity index (χ1n) is 6.25. The van der Waals surface area contributed by atoms with Gasteiger partial charge < -0.3 is 15.4 Å². The molecule has 0 unspecified atom stereocenters. The van der Waals surface area contributed by atoms with Gasteiger partial charge in [-0.05, 0) is 23.6 Å². The molecule has 2 amide bonds. The molecule has 0 aliphatic carbocycles. The monoisotopic (exact) mass is 276 g/mol. The van der Waals surface area contributed by atoms with Gasteiger partial charge in [0.05, 0.1) is 12.7 Å². The van der Waals surface area contributed by atoms with Gasteiger partial charge in [-0.25, -0.2) is 9.59 Å². The Hall–Kier alpha value is -2.30. The average molecular weight is 276 g/mol. The van der Waals surface area contributed by atoms with Crippen molar-refractivity contribution in [3.63, 3.8) is 0 Å². The van der Waals surface area contributed by atoms with Crippen LogP contribution < -0.4 is 10.6 Å². The van der Waals surface area contributed by atoms with E-state index < -0.39 is 5.97 Å². The second-order valence-electron chi connectivity index (χ2n) is 5.37. The third-order valence-corrected chi connectivity index (χ3v) is 2.34. The zero-order chi connectivity index (χ0) is 15.2. The van der Waals surface area contributed by atoms with E-state index in [1.165, 1.54) is 7.11 Å². The van der Waals surface area contributed by atoms with Crippen molar-refractivity contribution in [2.75, 3.05) is 12.4 Å². The Balaban J connectivity index is 2.63. The van der Waals surface area contributed by atoms with Crippen LogP contribution in [0.15, 0.2) is 36.5 Å². The first-order chi connectivity index (χ1) is 9.31. The van der Waals surface area contributed by atoms with Crippen molar-refractivity contribution in [3.05, 3.63) is 42.1 Å². The zero-order valence-electron chi connectivity index (χ0n) is 12.2. The van der Waals surface area contributed by atoms with E-state index in [0.717, 1.165) is 0 Å². The number of rotatable bonds is 3. The number of urea groups is 1. The number of amides is 2. The van der Waals surface area contributed by atoms with Gasteiger partial charge in [0.15, 0.2) is 0 Å². The average Bonchev–Trinajstić information content (AvgIpc) is 2.36. The summed E-state index contributed by atoms with van der Waals surface area (Å²) in [6.07, 6.45) is 3.48. The standard InChI is InChI=1S/C15H20N2O3/c1-15(2,3)8-9-16-14(19)17-12-7-5-6-11(10-12)13(18)20-4/h5-10H,1-4H3,(H2,16,17,19)/b9-8+. The Morgan fingerprint density at radius 3 is 2.55 bits per heavy atom. The molecule has 0 aliphatic rings. The Kier molecular flexibility index (Phi) is 5.32. The first-order valence-corrected chi connectivity index (χ1v) is 6.25. The van der Waals surface area contributed by atoms with Crippen LogP contribution in [0.4, 0.5) is 10.5 Å². The van der Waals surface area contributed by atoms with Crippen molar-refractivity contribution < 1.29 is 14.3 Å². The Labute approximate surface area is 119 Å². The van der Waals surface area contributed by atoms with Gasteiger partial charge in [0.25, 0.3) is 0 Å². The molecule has 0 fully saturated rings. The largest absolute Gasteiger partial charge is 0.465 e. The van der Waals surface area contributed by atoms with E-state index in [2.05, 4.69) is 15.4 Å². The molecule has 1 rings (SSSR count). The highest BCUT2D eigenvalue weighted by atomic mass is 16.5. The molecule has 1 aromatic rings. The smallest absolute Gasteiger partial charge is 0.337 e. The highest BCUT2D eigenvalue weighted by Crippen LogP contribution is 2.14. The molecule has 20 heavy (non-hydrogen) atoms. The number of hydrogen-bond donors (Lipinski definition) is 2. The van der Waals surface area contributed by atoms with Crippen LogP contribution in [-0.4, -0.2) is 19.1 Å². The molecule has 2 N–H and O–H groups in total. The maximum absolute atomic E-state index is 11.7. The molecule has 5 nitrogen and oxygen atoms in total. The zero-order valence-corrected chi connectivity index (χ0v) is 12.2. The third-order valence-electron chi connectivity index (χ3n) is 2.34. The van der Waals surface area contributed by atoms with Crippen LogP contribution in [-0.2, 0) is 4.74 Å². The number of benzene rings is 1. The van der Waals surface area contributed by atoms with Crippen molar-refractivity contribution in [3.8, 4) is 0 Å². The molecule has 0 atom stereocenters. The van der Waals surface area contributed by atoms with E-state index >= 15 is 0 Å². The quantitative estimate of drug-likeness (QED) is 0.833. The normalized spacial score (nSPS) is 11.2. The van der Waals surface area contributed by atoms with Crippen molar-refractivity contribution in [1.29, 1.82) is 0 Å². The van der Waals surface area contributed by atoms with Crippen LogP contribution in [0.2, 0.25) is 0 Å². The molecule has 0 radical (unpaired) electrons. The summed E-state index contributed by atoms with van der Waals surface area (Å²) < 4.78 is 4.62. The Bertz CT molecular complexity index is 516. The van der Waals surface area contributed by atoms with Gasteiger partial charge in [0.2, 0.25) is 0 Å². The predicted molar refractivity (Wildman–Crippen MR) is 78.5 cm³/mol. The third kappa shape index (κ3) is 5.56. The van der Waals surface area contributed by atoms with Gasteiger partial charge in [-0.15, -0.1) is 0 Å². The molecule has 0 saturated heterocycles. The number of allylic oxidation sites excluding steroid dienone is 1. The van der Waals surface area contributed by atoms with Gasteiger partial charge in [0, 0.05) is 11.9 Å². The van der Waals surface area contributed by atoms with Crippen molar-refractivity contribution in [2.24, 2.45) is 5.41 Å². The molecule has 0 aromatic heterocycles. The van der Waals surface area contributed by atoms with Crippen molar-refractivity contribution in [1.82, 2.24) is 5.32 Å². The highest BCUT2D eigenvalue weighted by Gasteiger charge is 2.07. The summed E-state index contributed by atoms with van der Waals surface area (Å²) in [4.78, 5) is 23.0. The summed E-state index contributed by atoms with van der Waals surface area (Å²) in [6.45, 7) is 6.09. The number of methoxy groups -OCH3 is 1. The van der Waals surface area contributed by atoms with Crippen LogP contribution in [0.3, 0.4) is 0 Å².